The largest absolute Gasteiger partial charge is 0.496 e. The highest BCUT2D eigenvalue weighted by Gasteiger charge is 2.30. The molecule has 0 aromatic heterocycles. The van der Waals surface area contributed by atoms with Gasteiger partial charge in [-0.15, -0.1) is 0 Å². The Morgan fingerprint density at radius 3 is 2.57 bits per heavy atom. The summed E-state index contributed by atoms with van der Waals surface area (Å²) in [7, 11) is 3.58. The zero-order valence-corrected chi connectivity index (χ0v) is 13.7. The van der Waals surface area contributed by atoms with E-state index in [0.29, 0.717) is 5.75 Å². The number of quaternary nitrogens is 2. The second-order valence-electron chi connectivity index (χ2n) is 5.97. The minimum absolute atomic E-state index is 0.164. The highest BCUT2D eigenvalue weighted by molar-refractivity contribution is 5.95. The van der Waals surface area contributed by atoms with Gasteiger partial charge in [0, 0.05) is 0 Å². The van der Waals surface area contributed by atoms with Crippen LogP contribution in [0.5, 0.6) is 5.75 Å². The van der Waals surface area contributed by atoms with Gasteiger partial charge in [0.2, 0.25) is 0 Å². The molecular weight excluding hydrogens is 300 g/mol. The Kier molecular flexibility index (Phi) is 5.51. The SMILES string of the molecule is COc1ccc(NC(=O)[C@H](C)[NH+]2CC[NH+](C)CC2)c([N+](=O)[O-])c1. The summed E-state index contributed by atoms with van der Waals surface area (Å²) in [5.41, 5.74) is 0.0366. The Labute approximate surface area is 135 Å². The van der Waals surface area contributed by atoms with Crippen LogP contribution in [0.3, 0.4) is 0 Å². The molecule has 1 fully saturated rings. The predicted octanol–water partition coefficient (Wildman–Crippen LogP) is -1.66. The van der Waals surface area contributed by atoms with E-state index in [4.69, 9.17) is 4.74 Å². The Hall–Kier alpha value is -2.19. The highest BCUT2D eigenvalue weighted by Crippen LogP contribution is 2.28. The van der Waals surface area contributed by atoms with Crippen LogP contribution >= 0.6 is 0 Å². The van der Waals surface area contributed by atoms with Crippen molar-refractivity contribution in [1.29, 1.82) is 0 Å². The monoisotopic (exact) mass is 324 g/mol. The molecule has 1 amide bonds. The number of ether oxygens (including phenoxy) is 1. The second-order valence-corrected chi connectivity index (χ2v) is 5.97. The molecule has 0 saturated carbocycles. The van der Waals surface area contributed by atoms with Crippen molar-refractivity contribution in [2.75, 3.05) is 45.7 Å². The van der Waals surface area contributed by atoms with Gasteiger partial charge in [-0.3, -0.25) is 14.9 Å². The molecule has 1 heterocycles. The number of hydrogen-bond acceptors (Lipinski definition) is 4. The first-order valence-electron chi connectivity index (χ1n) is 7.71. The van der Waals surface area contributed by atoms with E-state index in [9.17, 15) is 14.9 Å². The van der Waals surface area contributed by atoms with Crippen molar-refractivity contribution in [1.82, 2.24) is 0 Å². The van der Waals surface area contributed by atoms with Crippen LogP contribution in [0, 0.1) is 10.1 Å². The topological polar surface area (TPSA) is 90.3 Å². The molecule has 23 heavy (non-hydrogen) atoms. The number of nitro groups is 1. The number of benzene rings is 1. The second kappa shape index (κ2) is 7.38. The first kappa shape index (κ1) is 17.2. The van der Waals surface area contributed by atoms with E-state index in [1.807, 2.05) is 6.92 Å². The van der Waals surface area contributed by atoms with E-state index in [-0.39, 0.29) is 23.3 Å². The van der Waals surface area contributed by atoms with Gasteiger partial charge in [-0.05, 0) is 19.1 Å². The van der Waals surface area contributed by atoms with Crippen molar-refractivity contribution >= 4 is 17.3 Å². The van der Waals surface area contributed by atoms with Gasteiger partial charge in [0.25, 0.3) is 11.6 Å². The summed E-state index contributed by atoms with van der Waals surface area (Å²) in [5.74, 6) is 0.184. The van der Waals surface area contributed by atoms with E-state index in [2.05, 4.69) is 12.4 Å². The lowest BCUT2D eigenvalue weighted by Gasteiger charge is -2.30. The number of methoxy groups -OCH3 is 1. The summed E-state index contributed by atoms with van der Waals surface area (Å²) >= 11 is 0. The molecule has 2 rings (SSSR count). The molecule has 1 aromatic rings. The van der Waals surface area contributed by atoms with Crippen LogP contribution in [-0.2, 0) is 4.79 Å². The highest BCUT2D eigenvalue weighted by atomic mass is 16.6. The molecule has 1 atom stereocenters. The van der Waals surface area contributed by atoms with Crippen molar-refractivity contribution in [3.63, 3.8) is 0 Å². The van der Waals surface area contributed by atoms with Crippen molar-refractivity contribution in [3.8, 4) is 5.75 Å². The van der Waals surface area contributed by atoms with E-state index in [1.165, 1.54) is 29.0 Å². The minimum Gasteiger partial charge on any atom is -0.496 e. The number of anilines is 1. The van der Waals surface area contributed by atoms with Crippen LogP contribution in [-0.4, -0.2) is 57.2 Å². The lowest BCUT2D eigenvalue weighted by molar-refractivity contribution is -1.01. The molecule has 0 bridgehead atoms. The van der Waals surface area contributed by atoms with Crippen LogP contribution in [0.2, 0.25) is 0 Å². The fourth-order valence-corrected chi connectivity index (χ4v) is 2.75. The van der Waals surface area contributed by atoms with Gasteiger partial charge in [-0.1, -0.05) is 0 Å². The predicted molar refractivity (Wildman–Crippen MR) is 85.1 cm³/mol. The van der Waals surface area contributed by atoms with Crippen molar-refractivity contribution in [3.05, 3.63) is 28.3 Å². The van der Waals surface area contributed by atoms with Gasteiger partial charge in [0.05, 0.1) is 25.1 Å². The molecule has 8 nitrogen and oxygen atoms in total. The van der Waals surface area contributed by atoms with E-state index in [0.717, 1.165) is 26.2 Å². The molecule has 1 aliphatic heterocycles. The number of hydrogen-bond donors (Lipinski definition) is 3. The number of rotatable bonds is 5. The van der Waals surface area contributed by atoms with Crippen molar-refractivity contribution < 1.29 is 24.3 Å². The fraction of sp³-hybridized carbons (Fsp3) is 0.533. The molecule has 1 saturated heterocycles. The zero-order valence-electron chi connectivity index (χ0n) is 13.7. The lowest BCUT2D eigenvalue weighted by atomic mass is 10.2. The molecule has 1 aromatic carbocycles. The maximum absolute atomic E-state index is 12.4. The minimum atomic E-state index is -0.519. The average Bonchev–Trinajstić information content (AvgIpc) is 2.55. The van der Waals surface area contributed by atoms with Crippen molar-refractivity contribution in [2.24, 2.45) is 0 Å². The molecular formula is C15H24N4O4+2. The number of nitro benzene ring substituents is 1. The first-order valence-corrected chi connectivity index (χ1v) is 7.71. The molecule has 0 unspecified atom stereocenters. The van der Waals surface area contributed by atoms with E-state index in [1.54, 1.807) is 6.07 Å². The normalized spacial score (nSPS) is 22.2. The van der Waals surface area contributed by atoms with Crippen LogP contribution in [0.25, 0.3) is 0 Å². The third-order valence-corrected chi connectivity index (χ3v) is 4.41. The summed E-state index contributed by atoms with van der Waals surface area (Å²) in [6.45, 7) is 5.75. The van der Waals surface area contributed by atoms with Crippen LogP contribution in [0.1, 0.15) is 6.92 Å². The number of nitrogens with zero attached hydrogens (tertiary/aromatic N) is 1. The maximum atomic E-state index is 12.4. The first-order chi connectivity index (χ1) is 10.9. The quantitative estimate of drug-likeness (QED) is 0.447. The summed E-state index contributed by atoms with van der Waals surface area (Å²) in [6, 6.07) is 4.17. The van der Waals surface area contributed by atoms with Crippen LogP contribution in [0.4, 0.5) is 11.4 Å². The van der Waals surface area contributed by atoms with Gasteiger partial charge < -0.3 is 19.9 Å². The Morgan fingerprint density at radius 2 is 2.00 bits per heavy atom. The van der Waals surface area contributed by atoms with Gasteiger partial charge in [0.1, 0.15) is 37.6 Å². The van der Waals surface area contributed by atoms with Crippen molar-refractivity contribution in [2.45, 2.75) is 13.0 Å². The lowest BCUT2D eigenvalue weighted by Crippen LogP contribution is -3.29. The zero-order chi connectivity index (χ0) is 17.0. The summed E-state index contributed by atoms with van der Waals surface area (Å²) in [5, 5.41) is 13.9. The summed E-state index contributed by atoms with van der Waals surface area (Å²) in [4.78, 5) is 25.8. The number of carbonyl (C=O) groups excluding carboxylic acids is 1. The standard InChI is InChI=1S/C15H22N4O4/c1-11(18-8-6-17(2)7-9-18)15(20)16-13-5-4-12(23-3)10-14(13)19(21)22/h4-5,10-11H,6-9H2,1-3H3,(H,16,20)/p+2/t11-/m0/s1. The number of amides is 1. The Balaban J connectivity index is 2.09. The average molecular weight is 324 g/mol. The molecule has 8 heteroatoms. The molecule has 0 aliphatic carbocycles. The summed E-state index contributed by atoms with van der Waals surface area (Å²) < 4.78 is 4.99. The number of carbonyl (C=O) groups is 1. The molecule has 0 spiro atoms. The van der Waals surface area contributed by atoms with Gasteiger partial charge in [-0.25, -0.2) is 0 Å². The van der Waals surface area contributed by atoms with Gasteiger partial charge in [-0.2, -0.15) is 0 Å². The van der Waals surface area contributed by atoms with E-state index < -0.39 is 4.92 Å². The molecule has 0 radical (unpaired) electrons. The maximum Gasteiger partial charge on any atom is 0.296 e. The fourth-order valence-electron chi connectivity index (χ4n) is 2.75. The Bertz CT molecular complexity index is 585. The van der Waals surface area contributed by atoms with Gasteiger partial charge >= 0.3 is 0 Å². The van der Waals surface area contributed by atoms with Gasteiger partial charge in [0.15, 0.2) is 6.04 Å². The van der Waals surface area contributed by atoms with Crippen LogP contribution < -0.4 is 19.9 Å². The third-order valence-electron chi connectivity index (χ3n) is 4.41. The van der Waals surface area contributed by atoms with Crippen LogP contribution in [0.15, 0.2) is 18.2 Å². The number of piperazine rings is 1. The number of nitrogens with one attached hydrogen (secondary N) is 3. The smallest absolute Gasteiger partial charge is 0.296 e. The molecule has 126 valence electrons. The summed E-state index contributed by atoms with van der Waals surface area (Å²) in [6.07, 6.45) is 0. The number of likely N-dealkylation sites (N-methyl/N-ethyl adjacent to an activating group) is 1. The molecule has 1 aliphatic rings. The molecule has 3 N–H and O–H groups in total. The van der Waals surface area contributed by atoms with E-state index >= 15 is 0 Å². The Morgan fingerprint density at radius 1 is 1.35 bits per heavy atom. The third kappa shape index (κ3) is 4.17.